The zero-order valence-electron chi connectivity index (χ0n) is 5.21. The molecular weight excluding hydrogens is 152 g/mol. The summed E-state index contributed by atoms with van der Waals surface area (Å²) in [6.45, 7) is 1.99. The normalized spacial score (nSPS) is 42.7. The maximum atomic E-state index is 5.40. The Bertz CT molecular complexity index is 87.2. The second kappa shape index (κ2) is 2.72. The molecule has 0 aromatic rings. The number of fused-ring (bicyclic) bond motifs is 2. The third kappa shape index (κ3) is 1.38. The van der Waals surface area contributed by atoms with Crippen molar-refractivity contribution in [1.82, 2.24) is 0 Å². The molecule has 1 nitrogen and oxygen atoms in total. The molecule has 0 aliphatic carbocycles. The zero-order valence-corrected chi connectivity index (χ0v) is 6.84. The molecule has 2 aliphatic rings. The van der Waals surface area contributed by atoms with Gasteiger partial charge in [0.05, 0.1) is 13.2 Å². The van der Waals surface area contributed by atoms with Crippen molar-refractivity contribution in [3.63, 3.8) is 0 Å². The van der Waals surface area contributed by atoms with Crippen molar-refractivity contribution in [2.24, 2.45) is 0 Å². The van der Waals surface area contributed by atoms with Crippen LogP contribution >= 0.6 is 23.5 Å². The lowest BCUT2D eigenvalue weighted by atomic mass is 10.4. The quantitative estimate of drug-likeness (QED) is 0.530. The van der Waals surface area contributed by atoms with Gasteiger partial charge in [-0.25, -0.2) is 0 Å². The lowest BCUT2D eigenvalue weighted by Gasteiger charge is -2.32. The van der Waals surface area contributed by atoms with Gasteiger partial charge in [0.2, 0.25) is 0 Å². The van der Waals surface area contributed by atoms with Crippen LogP contribution in [0.5, 0.6) is 0 Å². The summed E-state index contributed by atoms with van der Waals surface area (Å²) in [7, 11) is 0. The van der Waals surface area contributed by atoms with E-state index in [9.17, 15) is 0 Å². The second-order valence-electron chi connectivity index (χ2n) is 2.46. The first-order valence-electron chi connectivity index (χ1n) is 3.26. The summed E-state index contributed by atoms with van der Waals surface area (Å²) in [4.78, 5) is 0. The van der Waals surface area contributed by atoms with Crippen LogP contribution in [0.25, 0.3) is 0 Å². The summed E-state index contributed by atoms with van der Waals surface area (Å²) in [5.74, 6) is 2.61. The Balaban J connectivity index is 1.96. The lowest BCUT2D eigenvalue weighted by Crippen LogP contribution is -2.34. The van der Waals surface area contributed by atoms with Crippen molar-refractivity contribution in [3.05, 3.63) is 0 Å². The van der Waals surface area contributed by atoms with Gasteiger partial charge in [-0.05, 0) is 0 Å². The zero-order chi connectivity index (χ0) is 6.10. The molecule has 0 N–H and O–H groups in total. The van der Waals surface area contributed by atoms with E-state index in [0.29, 0.717) is 0 Å². The van der Waals surface area contributed by atoms with Gasteiger partial charge < -0.3 is 4.74 Å². The van der Waals surface area contributed by atoms with E-state index >= 15 is 0 Å². The van der Waals surface area contributed by atoms with E-state index in [0.717, 1.165) is 23.7 Å². The van der Waals surface area contributed by atoms with Gasteiger partial charge in [0.15, 0.2) is 0 Å². The lowest BCUT2D eigenvalue weighted by molar-refractivity contribution is 0.132. The molecule has 2 rings (SSSR count). The molecule has 0 aromatic heterocycles. The average molecular weight is 162 g/mol. The summed E-state index contributed by atoms with van der Waals surface area (Å²) in [5.41, 5.74) is 0. The molecule has 0 amide bonds. The molecule has 9 heavy (non-hydrogen) atoms. The number of rotatable bonds is 0. The highest BCUT2D eigenvalue weighted by atomic mass is 32.2. The van der Waals surface area contributed by atoms with Crippen LogP contribution in [-0.4, -0.2) is 35.2 Å². The molecule has 0 radical (unpaired) electrons. The van der Waals surface area contributed by atoms with Crippen molar-refractivity contribution >= 4 is 23.5 Å². The monoisotopic (exact) mass is 162 g/mol. The Hall–Kier alpha value is 0.660. The molecule has 2 atom stereocenters. The van der Waals surface area contributed by atoms with Crippen LogP contribution in [0, 0.1) is 0 Å². The smallest absolute Gasteiger partial charge is 0.0593 e. The highest BCUT2D eigenvalue weighted by Crippen LogP contribution is 2.33. The summed E-state index contributed by atoms with van der Waals surface area (Å²) in [5, 5.41) is 1.62. The van der Waals surface area contributed by atoms with E-state index in [-0.39, 0.29) is 0 Å². The summed E-state index contributed by atoms with van der Waals surface area (Å²) >= 11 is 4.21. The van der Waals surface area contributed by atoms with Gasteiger partial charge in [-0.2, -0.15) is 11.8 Å². The molecule has 2 aliphatic heterocycles. The Labute approximate surface area is 63.9 Å². The molecule has 2 bridgehead atoms. The van der Waals surface area contributed by atoms with Crippen LogP contribution in [0.4, 0.5) is 0 Å². The van der Waals surface area contributed by atoms with Crippen molar-refractivity contribution in [2.75, 3.05) is 24.7 Å². The fourth-order valence-corrected chi connectivity index (χ4v) is 4.14. The maximum absolute atomic E-state index is 5.40. The van der Waals surface area contributed by atoms with Crippen molar-refractivity contribution in [1.29, 1.82) is 0 Å². The summed E-state index contributed by atoms with van der Waals surface area (Å²) in [6, 6.07) is 0. The Morgan fingerprint density at radius 2 is 1.78 bits per heavy atom. The van der Waals surface area contributed by atoms with Crippen molar-refractivity contribution in [3.8, 4) is 0 Å². The average Bonchev–Trinajstić information content (AvgIpc) is 1.88. The van der Waals surface area contributed by atoms with Crippen molar-refractivity contribution < 1.29 is 4.74 Å². The van der Waals surface area contributed by atoms with E-state index in [1.54, 1.807) is 0 Å². The fraction of sp³-hybridized carbons (Fsp3) is 1.00. The van der Waals surface area contributed by atoms with E-state index in [2.05, 4.69) is 23.5 Å². The molecule has 0 saturated carbocycles. The van der Waals surface area contributed by atoms with Crippen LogP contribution < -0.4 is 0 Å². The highest BCUT2D eigenvalue weighted by Gasteiger charge is 2.27. The minimum Gasteiger partial charge on any atom is -0.379 e. The first-order valence-corrected chi connectivity index (χ1v) is 5.36. The van der Waals surface area contributed by atoms with Gasteiger partial charge in [-0.3, -0.25) is 0 Å². The predicted molar refractivity (Wildman–Crippen MR) is 43.3 cm³/mol. The second-order valence-corrected chi connectivity index (χ2v) is 5.14. The molecule has 3 heteroatoms. The first-order chi connectivity index (χ1) is 4.45. The van der Waals surface area contributed by atoms with Gasteiger partial charge in [-0.1, -0.05) is 0 Å². The minimum atomic E-state index is 0.808. The number of hydrogen-bond acceptors (Lipinski definition) is 3. The molecule has 2 saturated heterocycles. The molecule has 0 spiro atoms. The van der Waals surface area contributed by atoms with E-state index in [1.807, 2.05) is 0 Å². The molecule has 0 aromatic carbocycles. The van der Waals surface area contributed by atoms with Crippen LogP contribution in [-0.2, 0) is 4.74 Å². The largest absolute Gasteiger partial charge is 0.379 e. The van der Waals surface area contributed by atoms with Gasteiger partial charge in [0.1, 0.15) is 0 Å². The van der Waals surface area contributed by atoms with Gasteiger partial charge in [0, 0.05) is 22.0 Å². The topological polar surface area (TPSA) is 9.23 Å². The van der Waals surface area contributed by atoms with Crippen molar-refractivity contribution in [2.45, 2.75) is 10.5 Å². The summed E-state index contributed by atoms with van der Waals surface area (Å²) in [6.07, 6.45) is 0. The standard InChI is InChI=1S/C6H10OS2/c1-5-3-8-4-6(9-5)2-7-1/h5-6H,1-4H2. The molecule has 2 unspecified atom stereocenters. The van der Waals surface area contributed by atoms with Crippen LogP contribution in [0.3, 0.4) is 0 Å². The highest BCUT2D eigenvalue weighted by molar-refractivity contribution is 8.07. The number of thioether (sulfide) groups is 2. The van der Waals surface area contributed by atoms with Gasteiger partial charge in [0.25, 0.3) is 0 Å². The molecule has 2 fully saturated rings. The molecule has 2 heterocycles. The van der Waals surface area contributed by atoms with Crippen LogP contribution in [0.2, 0.25) is 0 Å². The summed E-state index contributed by atoms with van der Waals surface area (Å²) < 4.78 is 5.40. The van der Waals surface area contributed by atoms with Gasteiger partial charge >= 0.3 is 0 Å². The van der Waals surface area contributed by atoms with Crippen LogP contribution in [0.1, 0.15) is 0 Å². The third-order valence-electron chi connectivity index (χ3n) is 1.60. The fourth-order valence-electron chi connectivity index (χ4n) is 1.19. The Morgan fingerprint density at radius 3 is 2.33 bits per heavy atom. The number of ether oxygens (including phenoxy) is 1. The van der Waals surface area contributed by atoms with E-state index < -0.39 is 0 Å². The predicted octanol–water partition coefficient (Wildman–Crippen LogP) is 1.23. The van der Waals surface area contributed by atoms with Gasteiger partial charge in [-0.15, -0.1) is 11.8 Å². The van der Waals surface area contributed by atoms with Crippen LogP contribution in [0.15, 0.2) is 0 Å². The maximum Gasteiger partial charge on any atom is 0.0593 e. The first kappa shape index (κ1) is 6.38. The number of hydrogen-bond donors (Lipinski definition) is 0. The molecule has 52 valence electrons. The minimum absolute atomic E-state index is 0.808. The SMILES string of the molecule is C1OCC2CSCC1S2. The Morgan fingerprint density at radius 1 is 1.11 bits per heavy atom. The molecular formula is C6H10OS2. The van der Waals surface area contributed by atoms with E-state index in [4.69, 9.17) is 4.74 Å². The third-order valence-corrected chi connectivity index (χ3v) is 4.67. The van der Waals surface area contributed by atoms with E-state index in [1.165, 1.54) is 11.5 Å². The Kier molecular flexibility index (Phi) is 1.93.